The minimum Gasteiger partial charge on any atom is -0.477 e. The number of carboxylic acids is 1. The molecule has 1 aliphatic heterocycles. The third-order valence-electron chi connectivity index (χ3n) is 7.56. The molecule has 0 radical (unpaired) electrons. The molecule has 8 nitrogen and oxygen atoms in total. The minimum absolute atomic E-state index is 0.0968. The Hall–Kier alpha value is -3.69. The van der Waals surface area contributed by atoms with Gasteiger partial charge in [-0.1, -0.05) is 23.7 Å². The van der Waals surface area contributed by atoms with Gasteiger partial charge in [-0.05, 0) is 42.7 Å². The number of aromatic nitrogens is 3. The molecular weight excluding hydrogens is 509 g/mol. The van der Waals surface area contributed by atoms with Crippen LogP contribution in [0.5, 0.6) is 0 Å². The fourth-order valence-electron chi connectivity index (χ4n) is 5.39. The Morgan fingerprint density at radius 3 is 2.50 bits per heavy atom. The van der Waals surface area contributed by atoms with Gasteiger partial charge in [0.05, 0.1) is 23.6 Å². The Labute approximate surface area is 223 Å². The molecule has 1 aliphatic carbocycles. The van der Waals surface area contributed by atoms with Crippen LogP contribution in [0.3, 0.4) is 0 Å². The van der Waals surface area contributed by atoms with Gasteiger partial charge < -0.3 is 19.1 Å². The quantitative estimate of drug-likeness (QED) is 0.373. The van der Waals surface area contributed by atoms with Crippen LogP contribution >= 0.6 is 11.6 Å². The molecule has 1 atom stereocenters. The summed E-state index contributed by atoms with van der Waals surface area (Å²) in [7, 11) is 0. The highest BCUT2D eigenvalue weighted by Gasteiger charge is 2.30. The first-order valence-electron chi connectivity index (χ1n) is 12.7. The summed E-state index contributed by atoms with van der Waals surface area (Å²) in [4.78, 5) is 33.0. The Kier molecular flexibility index (Phi) is 6.41. The number of halogens is 2. The molecule has 2 aliphatic rings. The van der Waals surface area contributed by atoms with Crippen molar-refractivity contribution in [3.05, 3.63) is 93.5 Å². The Morgan fingerprint density at radius 1 is 1.13 bits per heavy atom. The van der Waals surface area contributed by atoms with Crippen LogP contribution in [0.2, 0.25) is 5.02 Å². The summed E-state index contributed by atoms with van der Waals surface area (Å²) < 4.78 is 19.3. The van der Waals surface area contributed by atoms with E-state index in [-0.39, 0.29) is 23.0 Å². The number of imidazole rings is 1. The molecule has 4 aromatic rings. The van der Waals surface area contributed by atoms with Crippen molar-refractivity contribution in [2.45, 2.75) is 31.5 Å². The lowest BCUT2D eigenvalue weighted by Gasteiger charge is -2.40. The molecule has 2 aromatic heterocycles. The van der Waals surface area contributed by atoms with Crippen molar-refractivity contribution in [3.63, 3.8) is 0 Å². The predicted octanol–water partition coefficient (Wildman–Crippen LogP) is 4.59. The SMILES string of the molecule is O=C(O)c1cn(C2CC2)c2cc(N3CCN(C(Cn4ccnc4)c4ccc(Cl)cc4)CC3)c(F)cc2c1=O. The number of benzene rings is 2. The second kappa shape index (κ2) is 9.89. The van der Waals surface area contributed by atoms with Crippen molar-refractivity contribution in [1.82, 2.24) is 19.0 Å². The molecule has 1 saturated carbocycles. The Bertz CT molecular complexity index is 1540. The number of nitrogens with zero attached hydrogens (tertiary/aromatic N) is 5. The number of carbonyl (C=O) groups is 1. The number of fused-ring (bicyclic) bond motifs is 1. The summed E-state index contributed by atoms with van der Waals surface area (Å²) in [5.74, 6) is -1.81. The van der Waals surface area contributed by atoms with E-state index in [2.05, 4.69) is 14.5 Å². The summed E-state index contributed by atoms with van der Waals surface area (Å²) in [6.45, 7) is 3.37. The van der Waals surface area contributed by atoms with Gasteiger partial charge in [0, 0.05) is 67.8 Å². The maximum atomic E-state index is 15.4. The van der Waals surface area contributed by atoms with Crippen LogP contribution < -0.4 is 10.3 Å². The Morgan fingerprint density at radius 2 is 1.87 bits per heavy atom. The average Bonchev–Trinajstić information content (AvgIpc) is 3.63. The van der Waals surface area contributed by atoms with Crippen molar-refractivity contribution >= 4 is 34.2 Å². The van der Waals surface area contributed by atoms with E-state index in [1.807, 2.05) is 39.9 Å². The number of hydrogen-bond donors (Lipinski definition) is 1. The second-order valence-electron chi connectivity index (χ2n) is 9.99. The molecule has 1 N–H and O–H groups in total. The van der Waals surface area contributed by atoms with Gasteiger partial charge in [0.2, 0.25) is 5.43 Å². The smallest absolute Gasteiger partial charge is 0.341 e. The van der Waals surface area contributed by atoms with Crippen molar-refractivity contribution in [2.75, 3.05) is 31.1 Å². The first kappa shape index (κ1) is 24.6. The molecule has 0 bridgehead atoms. The van der Waals surface area contributed by atoms with E-state index in [0.717, 1.165) is 24.9 Å². The molecule has 2 fully saturated rings. The van der Waals surface area contributed by atoms with Gasteiger partial charge in [-0.3, -0.25) is 9.69 Å². The van der Waals surface area contributed by atoms with Crippen LogP contribution in [0.25, 0.3) is 10.9 Å². The topological polar surface area (TPSA) is 83.6 Å². The summed E-state index contributed by atoms with van der Waals surface area (Å²) in [6, 6.07) is 11.0. The van der Waals surface area contributed by atoms with E-state index >= 15 is 4.39 Å². The van der Waals surface area contributed by atoms with Gasteiger partial charge in [-0.2, -0.15) is 0 Å². The highest BCUT2D eigenvalue weighted by molar-refractivity contribution is 6.30. The normalized spacial score (nSPS) is 17.2. The average molecular weight is 536 g/mol. The van der Waals surface area contributed by atoms with Crippen LogP contribution in [-0.2, 0) is 6.54 Å². The minimum atomic E-state index is -1.29. The maximum absolute atomic E-state index is 15.4. The Balaban J connectivity index is 1.28. The monoisotopic (exact) mass is 535 g/mol. The summed E-state index contributed by atoms with van der Waals surface area (Å²) in [5, 5.41) is 10.3. The summed E-state index contributed by atoms with van der Waals surface area (Å²) >= 11 is 6.14. The van der Waals surface area contributed by atoms with Crippen molar-refractivity contribution in [3.8, 4) is 0 Å². The lowest BCUT2D eigenvalue weighted by molar-refractivity contribution is 0.0695. The molecule has 10 heteroatoms. The molecule has 3 heterocycles. The van der Waals surface area contributed by atoms with Crippen LogP contribution in [0, 0.1) is 5.82 Å². The van der Waals surface area contributed by atoms with Gasteiger partial charge in [0.15, 0.2) is 0 Å². The zero-order valence-electron chi connectivity index (χ0n) is 20.6. The van der Waals surface area contributed by atoms with Crippen LogP contribution in [0.15, 0.2) is 66.1 Å². The first-order chi connectivity index (χ1) is 18.4. The number of piperazine rings is 1. The third kappa shape index (κ3) is 4.68. The van der Waals surface area contributed by atoms with E-state index in [1.54, 1.807) is 18.6 Å². The molecular formula is C28H27ClFN5O3. The molecule has 1 saturated heterocycles. The van der Waals surface area contributed by atoms with Crippen LogP contribution in [0.1, 0.15) is 40.8 Å². The van der Waals surface area contributed by atoms with Crippen LogP contribution in [-0.4, -0.2) is 56.3 Å². The number of anilines is 1. The predicted molar refractivity (Wildman–Crippen MR) is 144 cm³/mol. The fraction of sp³-hybridized carbons (Fsp3) is 0.321. The number of aromatic carboxylic acids is 1. The fourth-order valence-corrected chi connectivity index (χ4v) is 5.52. The summed E-state index contributed by atoms with van der Waals surface area (Å²) in [5.41, 5.74) is 1.20. The van der Waals surface area contributed by atoms with Crippen molar-refractivity contribution in [2.24, 2.45) is 0 Å². The number of pyridine rings is 1. The van der Waals surface area contributed by atoms with Gasteiger partial charge in [-0.25, -0.2) is 14.2 Å². The molecule has 0 spiro atoms. The highest BCUT2D eigenvalue weighted by atomic mass is 35.5. The van der Waals surface area contributed by atoms with E-state index in [9.17, 15) is 14.7 Å². The molecule has 2 aromatic carbocycles. The van der Waals surface area contributed by atoms with E-state index in [1.165, 1.54) is 12.3 Å². The largest absolute Gasteiger partial charge is 0.477 e. The molecule has 196 valence electrons. The lowest BCUT2D eigenvalue weighted by Crippen LogP contribution is -2.48. The number of rotatable bonds is 7. The second-order valence-corrected chi connectivity index (χ2v) is 10.4. The van der Waals surface area contributed by atoms with Crippen molar-refractivity contribution in [1.29, 1.82) is 0 Å². The third-order valence-corrected chi connectivity index (χ3v) is 7.82. The van der Waals surface area contributed by atoms with E-state index < -0.39 is 17.2 Å². The molecule has 0 amide bonds. The van der Waals surface area contributed by atoms with E-state index in [0.29, 0.717) is 42.4 Å². The zero-order chi connectivity index (χ0) is 26.4. The summed E-state index contributed by atoms with van der Waals surface area (Å²) in [6.07, 6.45) is 8.74. The standard InChI is InChI=1S/C28H27ClFN5O3/c29-19-3-1-18(2-4-19)26(16-32-8-7-31-17-32)34-11-9-33(10-12-34)25-14-24-21(13-23(25)30)27(36)22(28(37)38)15-35(24)20-5-6-20/h1-4,7-8,13-15,17,20,26H,5-6,9-12,16H2,(H,37,38). The van der Waals surface area contributed by atoms with Gasteiger partial charge in [-0.15, -0.1) is 0 Å². The van der Waals surface area contributed by atoms with Gasteiger partial charge >= 0.3 is 5.97 Å². The van der Waals surface area contributed by atoms with Crippen LogP contribution in [0.4, 0.5) is 10.1 Å². The van der Waals surface area contributed by atoms with E-state index in [4.69, 9.17) is 11.6 Å². The van der Waals surface area contributed by atoms with Gasteiger partial charge in [0.1, 0.15) is 11.4 Å². The van der Waals surface area contributed by atoms with Gasteiger partial charge in [0.25, 0.3) is 0 Å². The highest BCUT2D eigenvalue weighted by Crippen LogP contribution is 2.38. The lowest BCUT2D eigenvalue weighted by atomic mass is 10.0. The zero-order valence-corrected chi connectivity index (χ0v) is 21.4. The molecule has 38 heavy (non-hydrogen) atoms. The first-order valence-corrected chi connectivity index (χ1v) is 13.1. The number of hydrogen-bond acceptors (Lipinski definition) is 5. The maximum Gasteiger partial charge on any atom is 0.341 e. The molecule has 1 unspecified atom stereocenters. The van der Waals surface area contributed by atoms with Crippen molar-refractivity contribution < 1.29 is 14.3 Å². The molecule has 6 rings (SSSR count). The number of carboxylic acid groups (broad SMARTS) is 1.